The number of benzene rings is 3. The zero-order chi connectivity index (χ0) is 45.9. The minimum Gasteiger partial charge on any atom is -0.497 e. The number of nitrogens with zero attached hydrogens (tertiary/aromatic N) is 7. The van der Waals surface area contributed by atoms with Gasteiger partial charge in [0, 0.05) is 73.9 Å². The van der Waals surface area contributed by atoms with Crippen molar-refractivity contribution in [3.05, 3.63) is 105 Å². The van der Waals surface area contributed by atoms with Gasteiger partial charge in [0.1, 0.15) is 29.2 Å². The Morgan fingerprint density at radius 1 is 0.800 bits per heavy atom. The molecule has 1 fully saturated rings. The zero-order valence-corrected chi connectivity index (χ0v) is 39.3. The number of aryl methyl sites for hydroxylation is 4. The molecule has 2 aromatic heterocycles. The number of ether oxygens (including phenoxy) is 5. The Morgan fingerprint density at radius 3 is 2.12 bits per heavy atom. The largest absolute Gasteiger partial charge is 0.497 e. The minimum absolute atomic E-state index is 0.0564. The third kappa shape index (κ3) is 11.9. The molecule has 16 nitrogen and oxygen atoms in total. The monoisotopic (exact) mass is 931 g/mol. The van der Waals surface area contributed by atoms with Gasteiger partial charge in [0.15, 0.2) is 5.82 Å². The van der Waals surface area contributed by atoms with Crippen LogP contribution in [0, 0.1) is 27.7 Å². The van der Waals surface area contributed by atoms with E-state index in [0.717, 1.165) is 39.3 Å². The summed E-state index contributed by atoms with van der Waals surface area (Å²) in [4.78, 5) is 21.0. The van der Waals surface area contributed by atoms with Gasteiger partial charge in [-0.2, -0.15) is 4.31 Å². The van der Waals surface area contributed by atoms with Gasteiger partial charge >= 0.3 is 0 Å². The molecule has 3 aromatic carbocycles. The van der Waals surface area contributed by atoms with Crippen molar-refractivity contribution in [3.8, 4) is 22.6 Å². The first kappa shape index (κ1) is 48.1. The maximum Gasteiger partial charge on any atom is 0.243 e. The normalized spacial score (nSPS) is 15.7. The van der Waals surface area contributed by atoms with E-state index < -0.39 is 16.1 Å². The molecule has 348 valence electrons. The predicted octanol–water partition coefficient (Wildman–Crippen LogP) is 6.52. The first-order valence-corrected chi connectivity index (χ1v) is 23.8. The maximum atomic E-state index is 13.7. The molecule has 7 rings (SSSR count). The van der Waals surface area contributed by atoms with Crippen molar-refractivity contribution < 1.29 is 41.4 Å². The molecule has 0 unspecified atom stereocenters. The summed E-state index contributed by atoms with van der Waals surface area (Å²) in [5, 5.41) is 13.5. The van der Waals surface area contributed by atoms with E-state index >= 15 is 0 Å². The number of carbonyl (C=O) groups excluding carboxylic acids is 1. The lowest BCUT2D eigenvalue weighted by molar-refractivity contribution is -0.119. The number of carbonyl (C=O) groups is 1. The molecular weight excluding hydrogens is 874 g/mol. The molecule has 0 radical (unpaired) electrons. The van der Waals surface area contributed by atoms with Gasteiger partial charge in [-0.25, -0.2) is 8.42 Å². The molecule has 4 heterocycles. The van der Waals surface area contributed by atoms with E-state index in [0.29, 0.717) is 137 Å². The van der Waals surface area contributed by atoms with Crippen molar-refractivity contribution in [2.75, 3.05) is 92.7 Å². The van der Waals surface area contributed by atoms with Crippen LogP contribution >= 0.6 is 11.6 Å². The smallest absolute Gasteiger partial charge is 0.243 e. The number of piperazine rings is 1. The first-order chi connectivity index (χ1) is 31.4. The van der Waals surface area contributed by atoms with Crippen LogP contribution < -0.4 is 4.74 Å². The van der Waals surface area contributed by atoms with E-state index in [1.807, 2.05) is 86.9 Å². The van der Waals surface area contributed by atoms with E-state index in [-0.39, 0.29) is 12.2 Å². The maximum absolute atomic E-state index is 13.7. The summed E-state index contributed by atoms with van der Waals surface area (Å²) < 4.78 is 64.6. The molecule has 1 atom stereocenters. The van der Waals surface area contributed by atoms with Gasteiger partial charge in [0.2, 0.25) is 10.0 Å². The summed E-state index contributed by atoms with van der Waals surface area (Å²) in [7, 11) is -2.04. The number of hydrogen-bond donors (Lipinski definition) is 0. The SMILES string of the molecule is COc1ccc2c(c1)C(c1ccc(Cl)cc1)=N[C@@H](CC(=O)CCCOCCOCCOCCOCCN1CCN(S(=O)(=O)c3cc(-c4c(C)noc4C)ccc3C)CC1)c1nnc(C)n1-2. The highest BCUT2D eigenvalue weighted by molar-refractivity contribution is 7.89. The lowest BCUT2D eigenvalue weighted by atomic mass is 9.99. The number of sulfonamides is 1. The summed E-state index contributed by atoms with van der Waals surface area (Å²) >= 11 is 6.22. The van der Waals surface area contributed by atoms with Crippen molar-refractivity contribution >= 4 is 33.1 Å². The predicted molar refractivity (Wildman–Crippen MR) is 246 cm³/mol. The van der Waals surface area contributed by atoms with Crippen LogP contribution in [0.4, 0.5) is 0 Å². The van der Waals surface area contributed by atoms with Crippen molar-refractivity contribution in [2.24, 2.45) is 4.99 Å². The molecule has 65 heavy (non-hydrogen) atoms. The topological polar surface area (TPSA) is 173 Å². The lowest BCUT2D eigenvalue weighted by Gasteiger charge is -2.34. The molecular formula is C47H58ClN7O9S. The van der Waals surface area contributed by atoms with Gasteiger partial charge in [0.05, 0.1) is 75.3 Å². The van der Waals surface area contributed by atoms with Crippen molar-refractivity contribution in [1.29, 1.82) is 0 Å². The van der Waals surface area contributed by atoms with Gasteiger partial charge in [0.25, 0.3) is 0 Å². The number of ketones is 1. The van der Waals surface area contributed by atoms with Crippen LogP contribution in [-0.2, 0) is 33.8 Å². The molecule has 2 aliphatic rings. The Morgan fingerprint density at radius 2 is 1.46 bits per heavy atom. The summed E-state index contributed by atoms with van der Waals surface area (Å²) in [6, 6.07) is 18.2. The summed E-state index contributed by atoms with van der Waals surface area (Å²) in [5.41, 5.74) is 6.34. The number of aliphatic imine (C=N–C) groups is 1. The van der Waals surface area contributed by atoms with Crippen molar-refractivity contribution in [2.45, 2.75) is 57.9 Å². The summed E-state index contributed by atoms with van der Waals surface area (Å²) in [6.07, 6.45) is 1.09. The second-order valence-electron chi connectivity index (χ2n) is 16.0. The fourth-order valence-electron chi connectivity index (χ4n) is 8.08. The highest BCUT2D eigenvalue weighted by Crippen LogP contribution is 2.35. The lowest BCUT2D eigenvalue weighted by Crippen LogP contribution is -2.49. The Labute approximate surface area is 385 Å². The van der Waals surface area contributed by atoms with Crippen LogP contribution in [0.2, 0.25) is 5.02 Å². The van der Waals surface area contributed by atoms with Crippen LogP contribution in [0.15, 0.2) is 75.1 Å². The van der Waals surface area contributed by atoms with Gasteiger partial charge in [-0.1, -0.05) is 41.0 Å². The summed E-state index contributed by atoms with van der Waals surface area (Å²) in [6.45, 7) is 13.7. The average molecular weight is 933 g/mol. The first-order valence-electron chi connectivity index (χ1n) is 22.0. The van der Waals surface area contributed by atoms with Crippen molar-refractivity contribution in [3.63, 3.8) is 0 Å². The molecule has 5 aromatic rings. The molecule has 0 bridgehead atoms. The molecule has 0 saturated carbocycles. The molecule has 0 amide bonds. The van der Waals surface area contributed by atoms with Gasteiger partial charge in [-0.15, -0.1) is 10.2 Å². The highest BCUT2D eigenvalue weighted by Gasteiger charge is 2.32. The third-order valence-corrected chi connectivity index (χ3v) is 13.8. The number of methoxy groups -OCH3 is 1. The quantitative estimate of drug-likeness (QED) is 0.0649. The third-order valence-electron chi connectivity index (χ3n) is 11.5. The number of aromatic nitrogens is 4. The van der Waals surface area contributed by atoms with Crippen LogP contribution in [0.5, 0.6) is 5.75 Å². The highest BCUT2D eigenvalue weighted by atomic mass is 35.5. The zero-order valence-electron chi connectivity index (χ0n) is 37.8. The molecule has 0 spiro atoms. The van der Waals surface area contributed by atoms with E-state index in [1.165, 1.54) is 0 Å². The number of fused-ring (bicyclic) bond motifs is 3. The Kier molecular flexibility index (Phi) is 16.7. The average Bonchev–Trinajstić information content (AvgIpc) is 3.82. The van der Waals surface area contributed by atoms with Gasteiger partial charge in [-0.3, -0.25) is 19.3 Å². The fourth-order valence-corrected chi connectivity index (χ4v) is 9.88. The Balaban J connectivity index is 0.736. The van der Waals surface area contributed by atoms with Crippen LogP contribution in [0.3, 0.4) is 0 Å². The second kappa shape index (κ2) is 22.6. The van der Waals surface area contributed by atoms with Gasteiger partial charge in [-0.05, 0) is 81.6 Å². The Hall–Kier alpha value is -4.85. The standard InChI is InChI=1S/C47H58ClN7O9S/c1-32-8-9-37(45-33(2)52-64-34(45)3)29-44(32)65(57,58)54-18-16-53(17-19-54)20-22-61-24-26-63-28-27-62-25-23-60-21-6-7-39(56)30-42-47-51-50-35(4)55(47)43-15-14-40(59-5)31-41(43)46(49-42)36-10-12-38(48)13-11-36/h8-15,29,31,42H,6-7,16-28,30H2,1-5H3/t42-/m0/s1. The molecule has 18 heteroatoms. The van der Waals surface area contributed by atoms with Crippen LogP contribution in [0.1, 0.15) is 65.1 Å². The number of rotatable bonds is 23. The van der Waals surface area contributed by atoms with Crippen molar-refractivity contribution in [1.82, 2.24) is 29.1 Å². The minimum atomic E-state index is -3.67. The number of hydrogen-bond acceptors (Lipinski definition) is 14. The fraction of sp³-hybridized carbons (Fsp3) is 0.468. The molecule has 0 aliphatic carbocycles. The molecule has 2 aliphatic heterocycles. The van der Waals surface area contributed by atoms with Crippen LogP contribution in [-0.4, -0.2) is 142 Å². The second-order valence-corrected chi connectivity index (χ2v) is 18.4. The van der Waals surface area contributed by atoms with E-state index in [1.54, 1.807) is 17.5 Å². The van der Waals surface area contributed by atoms with Crippen LogP contribution in [0.25, 0.3) is 16.8 Å². The number of halogens is 1. The van der Waals surface area contributed by atoms with E-state index in [9.17, 15) is 13.2 Å². The molecule has 0 N–H and O–H groups in total. The van der Waals surface area contributed by atoms with E-state index in [2.05, 4.69) is 20.3 Å². The Bertz CT molecular complexity index is 2520. The number of Topliss-reactive ketones (excluding diaryl/α,β-unsaturated/α-hetero) is 1. The van der Waals surface area contributed by atoms with Gasteiger partial charge < -0.3 is 28.2 Å². The summed E-state index contributed by atoms with van der Waals surface area (Å²) in [5.74, 6) is 2.71. The molecule has 1 saturated heterocycles. The van der Waals surface area contributed by atoms with E-state index in [4.69, 9.17) is 44.8 Å².